The van der Waals surface area contributed by atoms with E-state index in [1.165, 1.54) is 11.8 Å². The lowest BCUT2D eigenvalue weighted by molar-refractivity contribution is -0.114. The highest BCUT2D eigenvalue weighted by atomic mass is 32.1. The van der Waals surface area contributed by atoms with Crippen LogP contribution in [-0.2, 0) is 16.1 Å². The molecular weight excluding hydrogens is 348 g/mol. The zero-order valence-electron chi connectivity index (χ0n) is 15.4. The van der Waals surface area contributed by atoms with Gasteiger partial charge < -0.3 is 14.6 Å². The van der Waals surface area contributed by atoms with Crippen LogP contribution in [0.25, 0.3) is 10.2 Å². The number of benzene rings is 1. The Labute approximate surface area is 156 Å². The average molecular weight is 370 g/mol. The van der Waals surface area contributed by atoms with Gasteiger partial charge in [-0.25, -0.2) is 4.79 Å². The van der Waals surface area contributed by atoms with E-state index >= 15 is 0 Å². The third-order valence-electron chi connectivity index (χ3n) is 4.32. The number of aryl methyl sites for hydroxylation is 2. The maximum atomic E-state index is 12.7. The van der Waals surface area contributed by atoms with Crippen molar-refractivity contribution in [2.24, 2.45) is 0 Å². The van der Waals surface area contributed by atoms with Crippen molar-refractivity contribution in [3.05, 3.63) is 52.0 Å². The highest BCUT2D eigenvalue weighted by Gasteiger charge is 2.28. The molecule has 5 nitrogen and oxygen atoms in total. The Morgan fingerprint density at radius 3 is 2.50 bits per heavy atom. The molecule has 3 aromatic rings. The molecule has 0 atom stereocenters. The van der Waals surface area contributed by atoms with Crippen LogP contribution in [-0.4, -0.2) is 23.1 Å². The fourth-order valence-electron chi connectivity index (χ4n) is 3.07. The number of carbonyl (C=O) groups is 2. The summed E-state index contributed by atoms with van der Waals surface area (Å²) in [5.74, 6) is -0.634. The van der Waals surface area contributed by atoms with Crippen LogP contribution in [0.4, 0.5) is 5.69 Å². The van der Waals surface area contributed by atoms with E-state index in [4.69, 9.17) is 4.74 Å². The van der Waals surface area contributed by atoms with Gasteiger partial charge in [-0.2, -0.15) is 0 Å². The van der Waals surface area contributed by atoms with Crippen LogP contribution in [0, 0.1) is 13.8 Å². The lowest BCUT2D eigenvalue weighted by atomic mass is 10.2. The zero-order chi connectivity index (χ0) is 18.8. The number of ether oxygens (including phenoxy) is 1. The molecule has 0 saturated carbocycles. The summed E-state index contributed by atoms with van der Waals surface area (Å²) in [6, 6.07) is 9.95. The standard InChI is InChI=1S/C20H22N2O3S/c1-5-25-20(24)18-17(21-14(4)23)16-12(2)13(3)26-19(16)22(18)11-15-9-7-6-8-10-15/h6-10H,5,11H2,1-4H3,(H,21,23). The molecule has 2 aromatic heterocycles. The molecule has 0 aliphatic heterocycles. The lowest BCUT2D eigenvalue weighted by Gasteiger charge is -2.12. The van der Waals surface area contributed by atoms with Gasteiger partial charge in [-0.05, 0) is 31.9 Å². The SMILES string of the molecule is CCOC(=O)c1c(NC(C)=O)c2c(C)c(C)sc2n1Cc1ccccc1. The molecule has 0 fully saturated rings. The van der Waals surface area contributed by atoms with E-state index in [2.05, 4.69) is 12.2 Å². The monoisotopic (exact) mass is 370 g/mol. The third-order valence-corrected chi connectivity index (χ3v) is 5.55. The molecule has 1 aromatic carbocycles. The molecule has 1 N–H and O–H groups in total. The fraction of sp³-hybridized carbons (Fsp3) is 0.300. The summed E-state index contributed by atoms with van der Waals surface area (Å²) in [6.07, 6.45) is 0. The Balaban J connectivity index is 2.28. The number of fused-ring (bicyclic) bond motifs is 1. The van der Waals surface area contributed by atoms with E-state index in [1.807, 2.05) is 41.8 Å². The third kappa shape index (κ3) is 3.24. The van der Waals surface area contributed by atoms with Crippen molar-refractivity contribution in [2.75, 3.05) is 11.9 Å². The second-order valence-corrected chi connectivity index (χ2v) is 7.36. The molecule has 0 aliphatic rings. The van der Waals surface area contributed by atoms with Gasteiger partial charge in [0.2, 0.25) is 5.91 Å². The highest BCUT2D eigenvalue weighted by Crippen LogP contribution is 2.41. The van der Waals surface area contributed by atoms with Gasteiger partial charge in [0.05, 0.1) is 12.3 Å². The summed E-state index contributed by atoms with van der Waals surface area (Å²) < 4.78 is 7.25. The van der Waals surface area contributed by atoms with Crippen molar-refractivity contribution in [3.63, 3.8) is 0 Å². The number of rotatable bonds is 5. The maximum Gasteiger partial charge on any atom is 0.357 e. The molecule has 0 unspecified atom stereocenters. The Hall–Kier alpha value is -2.60. The molecule has 2 heterocycles. The van der Waals surface area contributed by atoms with Crippen LogP contribution in [0.1, 0.15) is 40.3 Å². The number of nitrogens with one attached hydrogen (secondary N) is 1. The molecule has 0 saturated heterocycles. The van der Waals surface area contributed by atoms with Gasteiger partial charge in [0.15, 0.2) is 5.69 Å². The first-order valence-electron chi connectivity index (χ1n) is 8.54. The number of hydrogen-bond donors (Lipinski definition) is 1. The number of hydrogen-bond acceptors (Lipinski definition) is 4. The zero-order valence-corrected chi connectivity index (χ0v) is 16.2. The first-order chi connectivity index (χ1) is 12.4. The van der Waals surface area contributed by atoms with Gasteiger partial charge in [-0.3, -0.25) is 4.79 Å². The second kappa shape index (κ2) is 7.33. The van der Waals surface area contributed by atoms with E-state index in [9.17, 15) is 9.59 Å². The Kier molecular flexibility index (Phi) is 5.13. The Morgan fingerprint density at radius 1 is 1.19 bits per heavy atom. The number of amides is 1. The van der Waals surface area contributed by atoms with Gasteiger partial charge in [0, 0.05) is 23.7 Å². The number of carbonyl (C=O) groups excluding carboxylic acids is 2. The number of thiophene rings is 1. The van der Waals surface area contributed by atoms with Crippen LogP contribution in [0.5, 0.6) is 0 Å². The van der Waals surface area contributed by atoms with E-state index in [0.29, 0.717) is 17.9 Å². The van der Waals surface area contributed by atoms with Crippen LogP contribution < -0.4 is 5.32 Å². The topological polar surface area (TPSA) is 60.3 Å². The van der Waals surface area contributed by atoms with Crippen LogP contribution in [0.15, 0.2) is 30.3 Å². The van der Waals surface area contributed by atoms with Crippen molar-refractivity contribution >= 4 is 39.1 Å². The van der Waals surface area contributed by atoms with Crippen molar-refractivity contribution in [1.29, 1.82) is 0 Å². The van der Waals surface area contributed by atoms with Crippen LogP contribution in [0.3, 0.4) is 0 Å². The summed E-state index contributed by atoms with van der Waals surface area (Å²) in [6.45, 7) is 8.10. The summed E-state index contributed by atoms with van der Waals surface area (Å²) in [5, 5.41) is 3.78. The first-order valence-corrected chi connectivity index (χ1v) is 9.36. The molecule has 1 amide bonds. The van der Waals surface area contributed by atoms with Crippen molar-refractivity contribution in [2.45, 2.75) is 34.2 Å². The molecule has 0 bridgehead atoms. The van der Waals surface area contributed by atoms with E-state index in [1.54, 1.807) is 18.3 Å². The normalized spacial score (nSPS) is 10.9. The number of anilines is 1. The smallest absolute Gasteiger partial charge is 0.357 e. The van der Waals surface area contributed by atoms with Gasteiger partial charge in [0.1, 0.15) is 4.83 Å². The molecule has 26 heavy (non-hydrogen) atoms. The Morgan fingerprint density at radius 2 is 1.88 bits per heavy atom. The minimum absolute atomic E-state index is 0.211. The van der Waals surface area contributed by atoms with Crippen molar-refractivity contribution < 1.29 is 14.3 Å². The highest BCUT2D eigenvalue weighted by molar-refractivity contribution is 7.19. The predicted molar refractivity (Wildman–Crippen MR) is 105 cm³/mol. The van der Waals surface area contributed by atoms with Crippen LogP contribution in [0.2, 0.25) is 0 Å². The quantitative estimate of drug-likeness (QED) is 0.673. The minimum Gasteiger partial charge on any atom is -0.461 e. The fourth-order valence-corrected chi connectivity index (χ4v) is 4.24. The molecule has 136 valence electrons. The summed E-state index contributed by atoms with van der Waals surface area (Å²) in [7, 11) is 0. The summed E-state index contributed by atoms with van der Waals surface area (Å²) in [5.41, 5.74) is 3.10. The summed E-state index contributed by atoms with van der Waals surface area (Å²) >= 11 is 1.63. The van der Waals surface area contributed by atoms with Gasteiger partial charge in [-0.15, -0.1) is 11.3 Å². The van der Waals surface area contributed by atoms with Gasteiger partial charge in [-0.1, -0.05) is 30.3 Å². The van der Waals surface area contributed by atoms with Gasteiger partial charge in [0.25, 0.3) is 0 Å². The molecular formula is C20H22N2O3S. The molecule has 0 spiro atoms. The largest absolute Gasteiger partial charge is 0.461 e. The second-order valence-electron chi connectivity index (χ2n) is 6.16. The molecule has 0 aliphatic carbocycles. The predicted octanol–water partition coefficient (Wildman–Crippen LogP) is 4.50. The number of nitrogens with zero attached hydrogens (tertiary/aromatic N) is 1. The average Bonchev–Trinajstić information content (AvgIpc) is 3.04. The molecule has 3 rings (SSSR count). The molecule has 6 heteroatoms. The van der Waals surface area contributed by atoms with E-state index in [0.717, 1.165) is 21.3 Å². The van der Waals surface area contributed by atoms with Crippen LogP contribution >= 0.6 is 11.3 Å². The van der Waals surface area contributed by atoms with E-state index in [-0.39, 0.29) is 12.5 Å². The maximum absolute atomic E-state index is 12.7. The first kappa shape index (κ1) is 18.2. The lowest BCUT2D eigenvalue weighted by Crippen LogP contribution is -2.17. The van der Waals surface area contributed by atoms with Crippen molar-refractivity contribution in [1.82, 2.24) is 4.57 Å². The number of aromatic nitrogens is 1. The number of esters is 1. The Bertz CT molecular complexity index is 970. The summed E-state index contributed by atoms with van der Waals surface area (Å²) in [4.78, 5) is 26.7. The minimum atomic E-state index is -0.423. The van der Waals surface area contributed by atoms with Gasteiger partial charge >= 0.3 is 5.97 Å². The van der Waals surface area contributed by atoms with E-state index < -0.39 is 5.97 Å². The van der Waals surface area contributed by atoms with Crippen molar-refractivity contribution in [3.8, 4) is 0 Å². The molecule has 0 radical (unpaired) electrons.